The van der Waals surface area contributed by atoms with Crippen molar-refractivity contribution in [1.82, 2.24) is 5.32 Å². The first-order valence-corrected chi connectivity index (χ1v) is 7.33. The van der Waals surface area contributed by atoms with Gasteiger partial charge in [0.2, 0.25) is 0 Å². The molecular formula is C16H26N2. The summed E-state index contributed by atoms with van der Waals surface area (Å²) in [4.78, 5) is 2.60. The highest BCUT2D eigenvalue weighted by Crippen LogP contribution is 2.33. The fraction of sp³-hybridized carbons (Fsp3) is 0.625. The van der Waals surface area contributed by atoms with E-state index < -0.39 is 0 Å². The van der Waals surface area contributed by atoms with Crippen LogP contribution >= 0.6 is 0 Å². The molecule has 0 atom stereocenters. The van der Waals surface area contributed by atoms with Gasteiger partial charge in [0, 0.05) is 24.8 Å². The van der Waals surface area contributed by atoms with Crippen molar-refractivity contribution < 1.29 is 0 Å². The van der Waals surface area contributed by atoms with Crippen molar-refractivity contribution >= 4 is 5.69 Å². The monoisotopic (exact) mass is 246 g/mol. The number of rotatable bonds is 7. The molecule has 18 heavy (non-hydrogen) atoms. The molecule has 2 rings (SSSR count). The normalized spacial score (nSPS) is 14.8. The van der Waals surface area contributed by atoms with Crippen LogP contribution in [0.15, 0.2) is 18.2 Å². The number of anilines is 1. The Bertz CT molecular complexity index is 383. The quantitative estimate of drug-likeness (QED) is 0.792. The molecule has 1 N–H and O–H groups in total. The van der Waals surface area contributed by atoms with Crippen LogP contribution in [-0.2, 0) is 6.54 Å². The molecule has 2 nitrogen and oxygen atoms in total. The van der Waals surface area contributed by atoms with Gasteiger partial charge in [-0.3, -0.25) is 0 Å². The molecule has 100 valence electrons. The zero-order valence-corrected chi connectivity index (χ0v) is 12.0. The molecule has 0 aliphatic heterocycles. The molecule has 0 amide bonds. The summed E-state index contributed by atoms with van der Waals surface area (Å²) in [6, 6.07) is 7.73. The van der Waals surface area contributed by atoms with E-state index in [1.807, 2.05) is 0 Å². The maximum Gasteiger partial charge on any atom is 0.0398 e. The van der Waals surface area contributed by atoms with Gasteiger partial charge in [0.05, 0.1) is 0 Å². The Hall–Kier alpha value is -1.02. The fourth-order valence-corrected chi connectivity index (χ4v) is 2.55. The van der Waals surface area contributed by atoms with E-state index in [4.69, 9.17) is 0 Å². The number of nitrogens with one attached hydrogen (secondary N) is 1. The van der Waals surface area contributed by atoms with Crippen LogP contribution in [0.4, 0.5) is 5.69 Å². The molecule has 1 saturated carbocycles. The van der Waals surface area contributed by atoms with E-state index in [9.17, 15) is 0 Å². The minimum atomic E-state index is 0.809. The Balaban J connectivity index is 2.11. The van der Waals surface area contributed by atoms with Gasteiger partial charge in [0.25, 0.3) is 0 Å². The molecule has 0 radical (unpaired) electrons. The number of benzene rings is 1. The van der Waals surface area contributed by atoms with Crippen LogP contribution in [0.25, 0.3) is 0 Å². The highest BCUT2D eigenvalue weighted by atomic mass is 15.2. The van der Waals surface area contributed by atoms with E-state index in [0.29, 0.717) is 0 Å². The third-order valence-corrected chi connectivity index (χ3v) is 3.60. The Morgan fingerprint density at radius 1 is 1.28 bits per heavy atom. The maximum absolute atomic E-state index is 3.39. The number of hydrogen-bond donors (Lipinski definition) is 1. The van der Waals surface area contributed by atoms with Crippen molar-refractivity contribution in [3.05, 3.63) is 29.3 Å². The zero-order valence-electron chi connectivity index (χ0n) is 12.0. The van der Waals surface area contributed by atoms with Crippen molar-refractivity contribution in [3.8, 4) is 0 Å². The van der Waals surface area contributed by atoms with Crippen molar-refractivity contribution in [1.29, 1.82) is 0 Å². The summed E-state index contributed by atoms with van der Waals surface area (Å²) < 4.78 is 0. The second kappa shape index (κ2) is 6.24. The summed E-state index contributed by atoms with van der Waals surface area (Å²) in [7, 11) is 0. The molecule has 1 aliphatic rings. The molecule has 0 unspecified atom stereocenters. The van der Waals surface area contributed by atoms with E-state index in [2.05, 4.69) is 49.2 Å². The molecule has 0 heterocycles. The summed E-state index contributed by atoms with van der Waals surface area (Å²) >= 11 is 0. The Labute approximate surface area is 111 Å². The lowest BCUT2D eigenvalue weighted by atomic mass is 10.1. The van der Waals surface area contributed by atoms with Gasteiger partial charge in [0.1, 0.15) is 0 Å². The van der Waals surface area contributed by atoms with Gasteiger partial charge in [-0.15, -0.1) is 0 Å². The van der Waals surface area contributed by atoms with E-state index in [1.165, 1.54) is 42.6 Å². The van der Waals surface area contributed by atoms with Crippen molar-refractivity contribution in [3.63, 3.8) is 0 Å². The predicted molar refractivity (Wildman–Crippen MR) is 79.2 cm³/mol. The summed E-state index contributed by atoms with van der Waals surface area (Å²) in [6.07, 6.45) is 3.98. The van der Waals surface area contributed by atoms with E-state index >= 15 is 0 Å². The minimum Gasteiger partial charge on any atom is -0.368 e. The lowest BCUT2D eigenvalue weighted by molar-refractivity contribution is 0.724. The van der Waals surface area contributed by atoms with Crippen LogP contribution in [0, 0.1) is 6.92 Å². The molecule has 1 aromatic rings. The Morgan fingerprint density at radius 2 is 2.06 bits per heavy atom. The highest BCUT2D eigenvalue weighted by Gasteiger charge is 2.29. The second-order valence-corrected chi connectivity index (χ2v) is 5.33. The van der Waals surface area contributed by atoms with Gasteiger partial charge in [-0.1, -0.05) is 26.0 Å². The van der Waals surface area contributed by atoms with E-state index in [1.54, 1.807) is 0 Å². The number of aryl methyl sites for hydroxylation is 1. The summed E-state index contributed by atoms with van der Waals surface area (Å²) in [5, 5.41) is 3.39. The number of nitrogens with zero attached hydrogens (tertiary/aromatic N) is 1. The van der Waals surface area contributed by atoms with Gasteiger partial charge in [0.15, 0.2) is 0 Å². The smallest absolute Gasteiger partial charge is 0.0398 e. The van der Waals surface area contributed by atoms with Crippen LogP contribution in [0.3, 0.4) is 0 Å². The Morgan fingerprint density at radius 3 is 2.61 bits per heavy atom. The standard InChI is InChI=1S/C16H26N2/c1-4-10-18(15-7-8-15)16-9-6-14(11-13(16)3)12-17-5-2/h6,9,11,15,17H,4-5,7-8,10,12H2,1-3H3. The maximum atomic E-state index is 3.39. The first-order chi connectivity index (χ1) is 8.76. The average molecular weight is 246 g/mol. The van der Waals surface area contributed by atoms with Gasteiger partial charge >= 0.3 is 0 Å². The highest BCUT2D eigenvalue weighted by molar-refractivity contribution is 5.56. The molecular weight excluding hydrogens is 220 g/mol. The summed E-state index contributed by atoms with van der Waals surface area (Å²) in [5.41, 5.74) is 4.26. The SMILES string of the molecule is CCCN(c1ccc(CNCC)cc1C)C1CC1. The van der Waals surface area contributed by atoms with Gasteiger partial charge in [-0.05, 0) is 49.9 Å². The zero-order chi connectivity index (χ0) is 13.0. The largest absolute Gasteiger partial charge is 0.368 e. The van der Waals surface area contributed by atoms with E-state index in [0.717, 1.165) is 19.1 Å². The average Bonchev–Trinajstić information content (AvgIpc) is 3.18. The molecule has 0 spiro atoms. The molecule has 1 fully saturated rings. The van der Waals surface area contributed by atoms with Crippen LogP contribution in [0.2, 0.25) is 0 Å². The van der Waals surface area contributed by atoms with Crippen LogP contribution < -0.4 is 10.2 Å². The van der Waals surface area contributed by atoms with Gasteiger partial charge in [-0.2, -0.15) is 0 Å². The third-order valence-electron chi connectivity index (χ3n) is 3.60. The third kappa shape index (κ3) is 3.26. The first kappa shape index (κ1) is 13.4. The Kier molecular flexibility index (Phi) is 4.65. The van der Waals surface area contributed by atoms with Crippen molar-refractivity contribution in [2.45, 2.75) is 52.6 Å². The molecule has 0 bridgehead atoms. The first-order valence-electron chi connectivity index (χ1n) is 7.33. The second-order valence-electron chi connectivity index (χ2n) is 5.33. The molecule has 1 aliphatic carbocycles. The fourth-order valence-electron chi connectivity index (χ4n) is 2.55. The number of hydrogen-bond acceptors (Lipinski definition) is 2. The minimum absolute atomic E-state index is 0.809. The van der Waals surface area contributed by atoms with Crippen molar-refractivity contribution in [2.24, 2.45) is 0 Å². The predicted octanol–water partition coefficient (Wildman–Crippen LogP) is 3.48. The van der Waals surface area contributed by atoms with Crippen molar-refractivity contribution in [2.75, 3.05) is 18.0 Å². The summed E-state index contributed by atoms with van der Waals surface area (Å²) in [5.74, 6) is 0. The molecule has 1 aromatic carbocycles. The lowest BCUT2D eigenvalue weighted by Gasteiger charge is -2.26. The van der Waals surface area contributed by atoms with Crippen LogP contribution in [0.1, 0.15) is 44.2 Å². The van der Waals surface area contributed by atoms with E-state index in [-0.39, 0.29) is 0 Å². The van der Waals surface area contributed by atoms with Gasteiger partial charge in [-0.25, -0.2) is 0 Å². The molecule has 0 saturated heterocycles. The molecule has 2 heteroatoms. The lowest BCUT2D eigenvalue weighted by Crippen LogP contribution is -2.27. The summed E-state index contributed by atoms with van der Waals surface area (Å²) in [6.45, 7) is 9.87. The van der Waals surface area contributed by atoms with Crippen LogP contribution in [0.5, 0.6) is 0 Å². The van der Waals surface area contributed by atoms with Gasteiger partial charge < -0.3 is 10.2 Å². The van der Waals surface area contributed by atoms with Crippen LogP contribution in [-0.4, -0.2) is 19.1 Å². The molecule has 0 aromatic heterocycles. The topological polar surface area (TPSA) is 15.3 Å².